The number of ketones is 1. The van der Waals surface area contributed by atoms with Gasteiger partial charge in [0.05, 0.1) is 7.11 Å². The molecular weight excluding hydrogens is 332 g/mol. The van der Waals surface area contributed by atoms with Gasteiger partial charge in [0.25, 0.3) is 0 Å². The van der Waals surface area contributed by atoms with E-state index < -0.39 is 5.97 Å². The lowest BCUT2D eigenvalue weighted by molar-refractivity contribution is -0.144. The fourth-order valence-electron chi connectivity index (χ4n) is 2.45. The van der Waals surface area contributed by atoms with E-state index in [9.17, 15) is 9.59 Å². The Morgan fingerprint density at radius 3 is 2.23 bits per heavy atom. The van der Waals surface area contributed by atoms with E-state index in [-0.39, 0.29) is 19.0 Å². The van der Waals surface area contributed by atoms with Crippen LogP contribution in [0.5, 0.6) is 11.5 Å². The molecule has 5 heteroatoms. The fourth-order valence-corrected chi connectivity index (χ4v) is 2.45. The molecule has 0 fully saturated rings. The highest BCUT2D eigenvalue weighted by Gasteiger charge is 2.11. The first-order chi connectivity index (χ1) is 12.7. The van der Waals surface area contributed by atoms with E-state index in [1.165, 1.54) is 0 Å². The Morgan fingerprint density at radius 1 is 0.808 bits per heavy atom. The smallest absolute Gasteiger partial charge is 0.344 e. The van der Waals surface area contributed by atoms with Crippen LogP contribution in [0, 0.1) is 0 Å². The summed E-state index contributed by atoms with van der Waals surface area (Å²) < 4.78 is 15.5. The summed E-state index contributed by atoms with van der Waals surface area (Å²) in [7, 11) is 1.55. The lowest BCUT2D eigenvalue weighted by Gasteiger charge is -2.08. The standard InChI is InChI=1S/C21H18O5/c1-24-18-9-7-16(8-10-18)20(22)13-26-21(23)14-25-19-11-6-15-4-2-3-5-17(15)12-19/h2-12H,13-14H2,1H3. The third-order valence-corrected chi connectivity index (χ3v) is 3.85. The summed E-state index contributed by atoms with van der Waals surface area (Å²) in [4.78, 5) is 23.8. The maximum absolute atomic E-state index is 12.0. The average molecular weight is 350 g/mol. The molecule has 0 N–H and O–H groups in total. The van der Waals surface area contributed by atoms with Gasteiger partial charge in [-0.15, -0.1) is 0 Å². The van der Waals surface area contributed by atoms with Crippen molar-refractivity contribution in [3.63, 3.8) is 0 Å². The van der Waals surface area contributed by atoms with E-state index in [1.807, 2.05) is 36.4 Å². The number of rotatable bonds is 7. The molecule has 3 rings (SSSR count). The van der Waals surface area contributed by atoms with Gasteiger partial charge >= 0.3 is 5.97 Å². The van der Waals surface area contributed by atoms with Crippen LogP contribution in [-0.2, 0) is 9.53 Å². The SMILES string of the molecule is COc1ccc(C(=O)COC(=O)COc2ccc3ccccc3c2)cc1. The molecule has 0 unspecified atom stereocenters. The average Bonchev–Trinajstić information content (AvgIpc) is 2.70. The summed E-state index contributed by atoms with van der Waals surface area (Å²) >= 11 is 0. The van der Waals surface area contributed by atoms with Gasteiger partial charge in [-0.2, -0.15) is 0 Å². The van der Waals surface area contributed by atoms with Crippen molar-refractivity contribution >= 4 is 22.5 Å². The molecule has 0 saturated carbocycles. The predicted molar refractivity (Wildman–Crippen MR) is 97.7 cm³/mol. The second-order valence-corrected chi connectivity index (χ2v) is 5.61. The molecule has 0 bridgehead atoms. The number of fused-ring (bicyclic) bond motifs is 1. The minimum atomic E-state index is -0.597. The highest BCUT2D eigenvalue weighted by atomic mass is 16.6. The molecule has 0 atom stereocenters. The molecule has 0 aliphatic heterocycles. The topological polar surface area (TPSA) is 61.8 Å². The molecule has 0 amide bonds. The van der Waals surface area contributed by atoms with Crippen LogP contribution in [0.3, 0.4) is 0 Å². The quantitative estimate of drug-likeness (QED) is 0.481. The first-order valence-electron chi connectivity index (χ1n) is 8.10. The van der Waals surface area contributed by atoms with E-state index in [2.05, 4.69) is 0 Å². The number of esters is 1. The molecule has 3 aromatic rings. The van der Waals surface area contributed by atoms with Gasteiger partial charge in [-0.25, -0.2) is 4.79 Å². The number of hydrogen-bond donors (Lipinski definition) is 0. The summed E-state index contributed by atoms with van der Waals surface area (Å²) in [5, 5.41) is 2.11. The second kappa shape index (κ2) is 8.16. The number of methoxy groups -OCH3 is 1. The molecule has 3 aromatic carbocycles. The number of ether oxygens (including phenoxy) is 3. The molecule has 26 heavy (non-hydrogen) atoms. The number of Topliss-reactive ketones (excluding diaryl/α,β-unsaturated/α-hetero) is 1. The lowest BCUT2D eigenvalue weighted by Crippen LogP contribution is -2.19. The molecule has 0 aromatic heterocycles. The third-order valence-electron chi connectivity index (χ3n) is 3.85. The monoisotopic (exact) mass is 350 g/mol. The Labute approximate surface area is 151 Å². The molecule has 0 heterocycles. The van der Waals surface area contributed by atoms with Crippen molar-refractivity contribution in [3.8, 4) is 11.5 Å². The van der Waals surface area contributed by atoms with Crippen LogP contribution in [-0.4, -0.2) is 32.1 Å². The van der Waals surface area contributed by atoms with Crippen molar-refractivity contribution in [3.05, 3.63) is 72.3 Å². The van der Waals surface area contributed by atoms with Crippen LogP contribution in [0.4, 0.5) is 0 Å². The largest absolute Gasteiger partial charge is 0.497 e. The van der Waals surface area contributed by atoms with Gasteiger partial charge in [0.15, 0.2) is 19.0 Å². The van der Waals surface area contributed by atoms with Crippen molar-refractivity contribution < 1.29 is 23.8 Å². The Balaban J connectivity index is 1.49. The van der Waals surface area contributed by atoms with E-state index in [1.54, 1.807) is 37.4 Å². The highest BCUT2D eigenvalue weighted by Crippen LogP contribution is 2.20. The zero-order chi connectivity index (χ0) is 18.4. The molecule has 132 valence electrons. The normalized spacial score (nSPS) is 10.3. The Kier molecular flexibility index (Phi) is 5.49. The van der Waals surface area contributed by atoms with E-state index in [0.717, 1.165) is 10.8 Å². The van der Waals surface area contributed by atoms with E-state index >= 15 is 0 Å². The maximum Gasteiger partial charge on any atom is 0.344 e. The van der Waals surface area contributed by atoms with E-state index in [4.69, 9.17) is 14.2 Å². The molecular formula is C21H18O5. The molecule has 0 saturated heterocycles. The maximum atomic E-state index is 12.0. The minimum absolute atomic E-state index is 0.256. The summed E-state index contributed by atoms with van der Waals surface area (Å²) in [6.45, 7) is -0.583. The highest BCUT2D eigenvalue weighted by molar-refractivity contribution is 5.98. The van der Waals surface area contributed by atoms with Gasteiger partial charge in [0.2, 0.25) is 0 Å². The zero-order valence-corrected chi connectivity index (χ0v) is 14.3. The molecule has 0 aliphatic carbocycles. The first kappa shape index (κ1) is 17.5. The molecule has 5 nitrogen and oxygen atoms in total. The van der Waals surface area contributed by atoms with Crippen LogP contribution in [0.1, 0.15) is 10.4 Å². The Morgan fingerprint density at radius 2 is 1.50 bits per heavy atom. The van der Waals surface area contributed by atoms with Crippen LogP contribution in [0.25, 0.3) is 10.8 Å². The molecule has 0 spiro atoms. The predicted octanol–water partition coefficient (Wildman–Crippen LogP) is 3.65. The number of carbonyl (C=O) groups is 2. The van der Waals surface area contributed by atoms with Gasteiger partial charge in [-0.05, 0) is 47.2 Å². The van der Waals surface area contributed by atoms with Crippen molar-refractivity contribution in [2.75, 3.05) is 20.3 Å². The number of hydrogen-bond acceptors (Lipinski definition) is 5. The van der Waals surface area contributed by atoms with Crippen molar-refractivity contribution in [1.82, 2.24) is 0 Å². The second-order valence-electron chi connectivity index (χ2n) is 5.61. The lowest BCUT2D eigenvalue weighted by atomic mass is 10.1. The van der Waals surface area contributed by atoms with Gasteiger partial charge in [0, 0.05) is 5.56 Å². The summed E-state index contributed by atoms with van der Waals surface area (Å²) in [5.41, 5.74) is 0.453. The minimum Gasteiger partial charge on any atom is -0.497 e. The Bertz CT molecular complexity index is 915. The van der Waals surface area contributed by atoms with Crippen molar-refractivity contribution in [1.29, 1.82) is 0 Å². The van der Waals surface area contributed by atoms with E-state index in [0.29, 0.717) is 17.1 Å². The van der Waals surface area contributed by atoms with Crippen LogP contribution < -0.4 is 9.47 Å². The third kappa shape index (κ3) is 4.39. The van der Waals surface area contributed by atoms with Crippen molar-refractivity contribution in [2.45, 2.75) is 0 Å². The summed E-state index contributed by atoms with van der Waals surface area (Å²) in [6.07, 6.45) is 0. The van der Waals surface area contributed by atoms with Crippen molar-refractivity contribution in [2.24, 2.45) is 0 Å². The van der Waals surface area contributed by atoms with Gasteiger partial charge in [-0.1, -0.05) is 30.3 Å². The number of carbonyl (C=O) groups excluding carboxylic acids is 2. The van der Waals surface area contributed by atoms with Crippen LogP contribution >= 0.6 is 0 Å². The van der Waals surface area contributed by atoms with Gasteiger partial charge in [0.1, 0.15) is 11.5 Å². The zero-order valence-electron chi connectivity index (χ0n) is 14.3. The number of benzene rings is 3. The summed E-state index contributed by atoms with van der Waals surface area (Å²) in [5.74, 6) is 0.344. The molecule has 0 radical (unpaired) electrons. The fraction of sp³-hybridized carbons (Fsp3) is 0.143. The van der Waals surface area contributed by atoms with Gasteiger partial charge < -0.3 is 14.2 Å². The Hall–Kier alpha value is -3.34. The first-order valence-corrected chi connectivity index (χ1v) is 8.10. The van der Waals surface area contributed by atoms with Gasteiger partial charge in [-0.3, -0.25) is 4.79 Å². The van der Waals surface area contributed by atoms with Crippen LogP contribution in [0.15, 0.2) is 66.7 Å². The molecule has 0 aliphatic rings. The summed E-state index contributed by atoms with van der Waals surface area (Å²) in [6, 6.07) is 20.0. The van der Waals surface area contributed by atoms with Crippen LogP contribution in [0.2, 0.25) is 0 Å².